The van der Waals surface area contributed by atoms with Gasteiger partial charge in [0.1, 0.15) is 0 Å². The smallest absolute Gasteiger partial charge is 0.359 e. The van der Waals surface area contributed by atoms with Gasteiger partial charge in [0.2, 0.25) is 0 Å². The van der Waals surface area contributed by atoms with Gasteiger partial charge in [-0.05, 0) is 25.8 Å². The van der Waals surface area contributed by atoms with Crippen molar-refractivity contribution in [2.45, 2.75) is 33.7 Å². The molecule has 1 aromatic carbocycles. The maximum atomic E-state index is 12.4. The van der Waals surface area contributed by atoms with Crippen molar-refractivity contribution < 1.29 is 14.3 Å². The number of hydrogen-bond donors (Lipinski definition) is 1. The molecule has 1 amide bonds. The van der Waals surface area contributed by atoms with Gasteiger partial charge in [0.25, 0.3) is 11.5 Å². The Morgan fingerprint density at radius 2 is 1.80 bits per heavy atom. The van der Waals surface area contributed by atoms with E-state index < -0.39 is 5.97 Å². The predicted octanol–water partition coefficient (Wildman–Crippen LogP) is 1.91. The summed E-state index contributed by atoms with van der Waals surface area (Å²) in [5, 5.41) is 7.63. The molecule has 0 saturated heterocycles. The van der Waals surface area contributed by atoms with Crippen molar-refractivity contribution in [3.63, 3.8) is 0 Å². The lowest BCUT2D eigenvalue weighted by Gasteiger charge is -2.13. The van der Waals surface area contributed by atoms with E-state index in [0.717, 1.165) is 0 Å². The first-order valence-corrected chi connectivity index (χ1v) is 8.26. The number of nitrogens with one attached hydrogen (secondary N) is 1. The Bertz CT molecular complexity index is 840. The molecule has 1 aromatic heterocycles. The highest BCUT2D eigenvalue weighted by Gasteiger charge is 2.19. The fourth-order valence-corrected chi connectivity index (χ4v) is 2.28. The first-order chi connectivity index (χ1) is 11.8. The number of aromatic nitrogens is 2. The number of rotatable bonds is 6. The monoisotopic (exact) mass is 345 g/mol. The third-order valence-corrected chi connectivity index (χ3v) is 3.55. The van der Waals surface area contributed by atoms with Crippen LogP contribution in [0.25, 0.3) is 10.8 Å². The van der Waals surface area contributed by atoms with E-state index in [1.165, 1.54) is 4.68 Å². The van der Waals surface area contributed by atoms with Gasteiger partial charge < -0.3 is 10.1 Å². The van der Waals surface area contributed by atoms with Gasteiger partial charge in [-0.3, -0.25) is 9.59 Å². The summed E-state index contributed by atoms with van der Waals surface area (Å²) in [5.74, 6) is -0.798. The fraction of sp³-hybridized carbons (Fsp3) is 0.444. The Labute approximate surface area is 146 Å². The summed E-state index contributed by atoms with van der Waals surface area (Å²) in [6.07, 6.45) is 0. The van der Waals surface area contributed by atoms with Crippen LogP contribution in [0.1, 0.15) is 44.2 Å². The highest BCUT2D eigenvalue weighted by atomic mass is 16.5. The van der Waals surface area contributed by atoms with Crippen LogP contribution in [-0.4, -0.2) is 34.8 Å². The molecule has 134 valence electrons. The lowest BCUT2D eigenvalue weighted by atomic mass is 10.1. The third kappa shape index (κ3) is 4.43. The van der Waals surface area contributed by atoms with E-state index in [-0.39, 0.29) is 29.8 Å². The number of carbonyl (C=O) groups is 2. The van der Waals surface area contributed by atoms with Crippen LogP contribution in [0.3, 0.4) is 0 Å². The number of carbonyl (C=O) groups excluding carboxylic acids is 2. The molecule has 7 nitrogen and oxygen atoms in total. The molecule has 0 spiro atoms. The van der Waals surface area contributed by atoms with Crippen molar-refractivity contribution in [2.75, 3.05) is 13.2 Å². The van der Waals surface area contributed by atoms with Crippen LogP contribution < -0.4 is 10.9 Å². The second-order valence-electron chi connectivity index (χ2n) is 6.51. The van der Waals surface area contributed by atoms with Crippen LogP contribution in [0.15, 0.2) is 29.1 Å². The van der Waals surface area contributed by atoms with Crippen LogP contribution in [0.4, 0.5) is 0 Å². The van der Waals surface area contributed by atoms with E-state index in [4.69, 9.17) is 4.74 Å². The van der Waals surface area contributed by atoms with Gasteiger partial charge in [-0.15, -0.1) is 0 Å². The number of esters is 1. The molecule has 1 N–H and O–H groups in total. The van der Waals surface area contributed by atoms with Gasteiger partial charge in [0, 0.05) is 11.9 Å². The number of amides is 1. The molecule has 0 bridgehead atoms. The van der Waals surface area contributed by atoms with Crippen LogP contribution in [0.2, 0.25) is 0 Å². The maximum Gasteiger partial charge on any atom is 0.359 e. The quantitative estimate of drug-likeness (QED) is 0.808. The Kier molecular flexibility index (Phi) is 5.90. The topological polar surface area (TPSA) is 90.3 Å². The zero-order valence-corrected chi connectivity index (χ0v) is 14.9. The van der Waals surface area contributed by atoms with Gasteiger partial charge in [0.05, 0.1) is 11.4 Å². The SMILES string of the molecule is CC(C)CNC(=O)COC(=O)c1nn(C(C)C)c(=O)c2ccccc12. The van der Waals surface area contributed by atoms with Crippen LogP contribution in [-0.2, 0) is 9.53 Å². The van der Waals surface area contributed by atoms with E-state index in [1.54, 1.807) is 38.1 Å². The average molecular weight is 345 g/mol. The first kappa shape index (κ1) is 18.6. The summed E-state index contributed by atoms with van der Waals surface area (Å²) in [6, 6.07) is 6.52. The normalized spacial score (nSPS) is 11.1. The lowest BCUT2D eigenvalue weighted by molar-refractivity contribution is -0.124. The van der Waals surface area contributed by atoms with Crippen molar-refractivity contribution in [1.29, 1.82) is 0 Å². The number of benzene rings is 1. The standard InChI is InChI=1S/C18H23N3O4/c1-11(2)9-19-15(22)10-25-18(24)16-13-7-5-6-8-14(13)17(23)21(20-16)12(3)4/h5-8,11-12H,9-10H2,1-4H3,(H,19,22). The van der Waals surface area contributed by atoms with Crippen molar-refractivity contribution in [3.8, 4) is 0 Å². The van der Waals surface area contributed by atoms with Gasteiger partial charge in [0.15, 0.2) is 12.3 Å². The number of nitrogens with zero attached hydrogens (tertiary/aromatic N) is 2. The summed E-state index contributed by atoms with van der Waals surface area (Å²) in [4.78, 5) is 36.6. The van der Waals surface area contributed by atoms with Gasteiger partial charge in [-0.25, -0.2) is 9.48 Å². The molecule has 0 radical (unpaired) electrons. The van der Waals surface area contributed by atoms with E-state index in [2.05, 4.69) is 10.4 Å². The second kappa shape index (κ2) is 7.92. The van der Waals surface area contributed by atoms with Crippen LogP contribution in [0, 0.1) is 5.92 Å². The molecule has 0 fully saturated rings. The minimum Gasteiger partial charge on any atom is -0.451 e. The molecule has 0 aliphatic heterocycles. The summed E-state index contributed by atoms with van der Waals surface area (Å²) in [6.45, 7) is 7.67. The van der Waals surface area contributed by atoms with Crippen molar-refractivity contribution in [1.82, 2.24) is 15.1 Å². The van der Waals surface area contributed by atoms with E-state index in [0.29, 0.717) is 23.2 Å². The van der Waals surface area contributed by atoms with E-state index in [9.17, 15) is 14.4 Å². The molecule has 1 heterocycles. The third-order valence-electron chi connectivity index (χ3n) is 3.55. The predicted molar refractivity (Wildman–Crippen MR) is 94.5 cm³/mol. The summed E-state index contributed by atoms with van der Waals surface area (Å²) in [7, 11) is 0. The Hall–Kier alpha value is -2.70. The second-order valence-corrected chi connectivity index (χ2v) is 6.51. The Balaban J connectivity index is 2.27. The number of fused-ring (bicyclic) bond motifs is 1. The molecule has 0 aliphatic carbocycles. The number of hydrogen-bond acceptors (Lipinski definition) is 5. The summed E-state index contributed by atoms with van der Waals surface area (Å²) < 4.78 is 6.32. The minimum atomic E-state index is -0.731. The van der Waals surface area contributed by atoms with E-state index >= 15 is 0 Å². The Morgan fingerprint density at radius 3 is 2.40 bits per heavy atom. The summed E-state index contributed by atoms with van der Waals surface area (Å²) >= 11 is 0. The minimum absolute atomic E-state index is 0.0283. The molecule has 2 rings (SSSR count). The molecule has 0 atom stereocenters. The molecule has 2 aromatic rings. The molecular formula is C18H23N3O4. The molecule has 0 aliphatic rings. The lowest BCUT2D eigenvalue weighted by Crippen LogP contribution is -2.32. The number of ether oxygens (including phenoxy) is 1. The zero-order chi connectivity index (χ0) is 18.6. The molecule has 0 unspecified atom stereocenters. The van der Waals surface area contributed by atoms with Gasteiger partial charge in [-0.1, -0.05) is 32.0 Å². The van der Waals surface area contributed by atoms with Crippen molar-refractivity contribution in [2.24, 2.45) is 5.92 Å². The first-order valence-electron chi connectivity index (χ1n) is 8.26. The van der Waals surface area contributed by atoms with Crippen LogP contribution >= 0.6 is 0 Å². The molecule has 7 heteroatoms. The molecule has 0 saturated carbocycles. The van der Waals surface area contributed by atoms with Crippen molar-refractivity contribution >= 4 is 22.6 Å². The molecular weight excluding hydrogens is 322 g/mol. The van der Waals surface area contributed by atoms with Crippen LogP contribution in [0.5, 0.6) is 0 Å². The summed E-state index contributed by atoms with van der Waals surface area (Å²) in [5.41, 5.74) is -0.239. The maximum absolute atomic E-state index is 12.4. The molecule has 25 heavy (non-hydrogen) atoms. The fourth-order valence-electron chi connectivity index (χ4n) is 2.28. The highest BCUT2D eigenvalue weighted by Crippen LogP contribution is 2.15. The van der Waals surface area contributed by atoms with E-state index in [1.807, 2.05) is 13.8 Å². The van der Waals surface area contributed by atoms with Gasteiger partial charge in [-0.2, -0.15) is 5.10 Å². The van der Waals surface area contributed by atoms with Crippen molar-refractivity contribution in [3.05, 3.63) is 40.3 Å². The average Bonchev–Trinajstić information content (AvgIpc) is 2.58. The highest BCUT2D eigenvalue weighted by molar-refractivity contribution is 6.02. The zero-order valence-electron chi connectivity index (χ0n) is 14.9. The Morgan fingerprint density at radius 1 is 1.16 bits per heavy atom. The largest absolute Gasteiger partial charge is 0.451 e. The van der Waals surface area contributed by atoms with Gasteiger partial charge >= 0.3 is 5.97 Å².